The summed E-state index contributed by atoms with van der Waals surface area (Å²) >= 11 is 0. The van der Waals surface area contributed by atoms with E-state index in [0.29, 0.717) is 0 Å². The Balaban J connectivity index is 0.000000921. The summed E-state index contributed by atoms with van der Waals surface area (Å²) in [4.78, 5) is 0. The van der Waals surface area contributed by atoms with Crippen molar-refractivity contribution in [2.24, 2.45) is 5.73 Å². The standard InChI is InChI=1S/C11H15NO.C2H6/c1-8(2)11(12)7-9-4-3-5-10(13)6-9;1-2/h3-6,11,13H,1,7,12H2,2H3;1-2H3. The molecule has 15 heavy (non-hydrogen) atoms. The summed E-state index contributed by atoms with van der Waals surface area (Å²) in [5.74, 6) is 0.284. The van der Waals surface area contributed by atoms with Gasteiger partial charge in [0.25, 0.3) is 0 Å². The second-order valence-electron chi connectivity index (χ2n) is 3.33. The van der Waals surface area contributed by atoms with Crippen molar-refractivity contribution in [2.75, 3.05) is 0 Å². The van der Waals surface area contributed by atoms with Gasteiger partial charge in [0.15, 0.2) is 0 Å². The number of rotatable bonds is 3. The van der Waals surface area contributed by atoms with Crippen molar-refractivity contribution in [3.8, 4) is 5.75 Å². The Morgan fingerprint density at radius 2 is 2.07 bits per heavy atom. The molecular formula is C13H21NO. The molecule has 3 N–H and O–H groups in total. The molecule has 0 bridgehead atoms. The van der Waals surface area contributed by atoms with E-state index in [0.717, 1.165) is 17.6 Å². The van der Waals surface area contributed by atoms with Crippen LogP contribution < -0.4 is 5.73 Å². The van der Waals surface area contributed by atoms with E-state index in [1.807, 2.05) is 32.9 Å². The van der Waals surface area contributed by atoms with Crippen LogP contribution in [0, 0.1) is 0 Å². The SMILES string of the molecule is C=C(C)C(N)Cc1cccc(O)c1.CC. The fourth-order valence-corrected chi connectivity index (χ4v) is 1.11. The molecule has 1 atom stereocenters. The van der Waals surface area contributed by atoms with Gasteiger partial charge in [-0.15, -0.1) is 0 Å². The molecule has 1 aromatic rings. The molecule has 1 rings (SSSR count). The molecule has 0 aliphatic heterocycles. The molecule has 2 nitrogen and oxygen atoms in total. The van der Waals surface area contributed by atoms with Crippen LogP contribution in [-0.4, -0.2) is 11.1 Å². The van der Waals surface area contributed by atoms with Crippen LogP contribution in [0.4, 0.5) is 0 Å². The summed E-state index contributed by atoms with van der Waals surface area (Å²) in [6.07, 6.45) is 0.726. The van der Waals surface area contributed by atoms with Crippen molar-refractivity contribution in [1.82, 2.24) is 0 Å². The fraction of sp³-hybridized carbons (Fsp3) is 0.385. The van der Waals surface area contributed by atoms with Crippen molar-refractivity contribution in [3.05, 3.63) is 42.0 Å². The summed E-state index contributed by atoms with van der Waals surface area (Å²) in [5.41, 5.74) is 7.82. The molecule has 0 saturated carbocycles. The minimum absolute atomic E-state index is 0.0261. The predicted molar refractivity (Wildman–Crippen MR) is 65.9 cm³/mol. The molecule has 0 radical (unpaired) electrons. The average Bonchev–Trinajstić information content (AvgIpc) is 2.20. The van der Waals surface area contributed by atoms with E-state index in [9.17, 15) is 5.11 Å². The first-order valence-corrected chi connectivity index (χ1v) is 5.28. The van der Waals surface area contributed by atoms with Crippen molar-refractivity contribution < 1.29 is 5.11 Å². The van der Waals surface area contributed by atoms with E-state index >= 15 is 0 Å². The van der Waals surface area contributed by atoms with Crippen LogP contribution >= 0.6 is 0 Å². The zero-order valence-corrected chi connectivity index (χ0v) is 9.83. The molecule has 1 unspecified atom stereocenters. The van der Waals surface area contributed by atoms with E-state index < -0.39 is 0 Å². The minimum atomic E-state index is -0.0261. The van der Waals surface area contributed by atoms with Crippen LogP contribution in [0.1, 0.15) is 26.3 Å². The molecular weight excluding hydrogens is 186 g/mol. The van der Waals surface area contributed by atoms with Gasteiger partial charge in [-0.3, -0.25) is 0 Å². The van der Waals surface area contributed by atoms with Gasteiger partial charge in [-0.2, -0.15) is 0 Å². The van der Waals surface area contributed by atoms with E-state index in [1.165, 1.54) is 0 Å². The summed E-state index contributed by atoms with van der Waals surface area (Å²) in [6.45, 7) is 9.70. The zero-order chi connectivity index (χ0) is 11.8. The highest BCUT2D eigenvalue weighted by atomic mass is 16.3. The molecule has 0 aromatic heterocycles. The molecule has 0 heterocycles. The maximum absolute atomic E-state index is 9.20. The van der Waals surface area contributed by atoms with Crippen LogP contribution in [0.5, 0.6) is 5.75 Å². The maximum Gasteiger partial charge on any atom is 0.115 e. The van der Waals surface area contributed by atoms with E-state index in [4.69, 9.17) is 5.73 Å². The lowest BCUT2D eigenvalue weighted by Gasteiger charge is -2.10. The lowest BCUT2D eigenvalue weighted by atomic mass is 10.0. The first kappa shape index (κ1) is 13.7. The number of aromatic hydroxyl groups is 1. The van der Waals surface area contributed by atoms with Gasteiger partial charge in [0.1, 0.15) is 5.75 Å². The topological polar surface area (TPSA) is 46.2 Å². The average molecular weight is 207 g/mol. The Kier molecular flexibility index (Phi) is 6.47. The third-order valence-corrected chi connectivity index (χ3v) is 2.00. The molecule has 1 aromatic carbocycles. The highest BCUT2D eigenvalue weighted by Crippen LogP contribution is 2.13. The van der Waals surface area contributed by atoms with Gasteiger partial charge in [0.05, 0.1) is 0 Å². The Bertz CT molecular complexity index is 307. The Labute approximate surface area is 92.4 Å². The number of nitrogens with two attached hydrogens (primary N) is 1. The normalized spacial score (nSPS) is 11.2. The maximum atomic E-state index is 9.20. The molecule has 0 amide bonds. The fourth-order valence-electron chi connectivity index (χ4n) is 1.11. The summed E-state index contributed by atoms with van der Waals surface area (Å²) < 4.78 is 0. The monoisotopic (exact) mass is 207 g/mol. The lowest BCUT2D eigenvalue weighted by Crippen LogP contribution is -2.23. The van der Waals surface area contributed by atoms with E-state index in [2.05, 4.69) is 6.58 Å². The van der Waals surface area contributed by atoms with Gasteiger partial charge in [0, 0.05) is 6.04 Å². The summed E-state index contributed by atoms with van der Waals surface area (Å²) in [7, 11) is 0. The van der Waals surface area contributed by atoms with Crippen LogP contribution in [-0.2, 0) is 6.42 Å². The number of phenolic OH excluding ortho intramolecular Hbond substituents is 1. The molecule has 2 heteroatoms. The van der Waals surface area contributed by atoms with Crippen molar-refractivity contribution >= 4 is 0 Å². The lowest BCUT2D eigenvalue weighted by molar-refractivity contribution is 0.474. The third-order valence-electron chi connectivity index (χ3n) is 2.00. The van der Waals surface area contributed by atoms with Gasteiger partial charge >= 0.3 is 0 Å². The van der Waals surface area contributed by atoms with Gasteiger partial charge in [-0.25, -0.2) is 0 Å². The van der Waals surface area contributed by atoms with Gasteiger partial charge in [-0.05, 0) is 31.0 Å². The molecule has 0 fully saturated rings. The van der Waals surface area contributed by atoms with Crippen molar-refractivity contribution in [2.45, 2.75) is 33.2 Å². The van der Waals surface area contributed by atoms with Gasteiger partial charge in [-0.1, -0.05) is 38.1 Å². The number of benzene rings is 1. The third kappa shape index (κ3) is 5.23. The number of hydrogen-bond acceptors (Lipinski definition) is 2. The number of hydrogen-bond donors (Lipinski definition) is 2. The first-order valence-electron chi connectivity index (χ1n) is 5.28. The Morgan fingerprint density at radius 3 is 2.53 bits per heavy atom. The second kappa shape index (κ2) is 7.07. The molecule has 0 spiro atoms. The molecule has 84 valence electrons. The van der Waals surface area contributed by atoms with Gasteiger partial charge < -0.3 is 10.8 Å². The molecule has 0 aliphatic carbocycles. The van der Waals surface area contributed by atoms with Crippen LogP contribution in [0.25, 0.3) is 0 Å². The quantitative estimate of drug-likeness (QED) is 0.749. The highest BCUT2D eigenvalue weighted by molar-refractivity contribution is 5.28. The Morgan fingerprint density at radius 1 is 1.47 bits per heavy atom. The number of phenols is 1. The van der Waals surface area contributed by atoms with Crippen LogP contribution in [0.2, 0.25) is 0 Å². The minimum Gasteiger partial charge on any atom is -0.508 e. The van der Waals surface area contributed by atoms with Crippen LogP contribution in [0.3, 0.4) is 0 Å². The molecule has 0 aliphatic rings. The van der Waals surface area contributed by atoms with Gasteiger partial charge in [0.2, 0.25) is 0 Å². The molecule has 0 saturated heterocycles. The zero-order valence-electron chi connectivity index (χ0n) is 9.83. The highest BCUT2D eigenvalue weighted by Gasteiger charge is 2.04. The predicted octanol–water partition coefficient (Wildman–Crippen LogP) is 2.86. The van der Waals surface area contributed by atoms with Crippen molar-refractivity contribution in [3.63, 3.8) is 0 Å². The van der Waals surface area contributed by atoms with Crippen LogP contribution in [0.15, 0.2) is 36.4 Å². The summed E-state index contributed by atoms with van der Waals surface area (Å²) in [5, 5.41) is 9.20. The summed E-state index contributed by atoms with van der Waals surface area (Å²) in [6, 6.07) is 7.11. The van der Waals surface area contributed by atoms with Crippen molar-refractivity contribution in [1.29, 1.82) is 0 Å². The van der Waals surface area contributed by atoms with E-state index in [1.54, 1.807) is 12.1 Å². The smallest absolute Gasteiger partial charge is 0.115 e. The second-order valence-corrected chi connectivity index (χ2v) is 3.33. The van der Waals surface area contributed by atoms with E-state index in [-0.39, 0.29) is 11.8 Å². The Hall–Kier alpha value is -1.28. The largest absolute Gasteiger partial charge is 0.508 e. The first-order chi connectivity index (χ1) is 7.09.